The second-order valence-corrected chi connectivity index (χ2v) is 10.3. The average molecular weight is 446 g/mol. The van der Waals surface area contributed by atoms with Gasteiger partial charge in [-0.25, -0.2) is 0 Å². The van der Waals surface area contributed by atoms with Crippen LogP contribution in [0, 0.1) is 28.1 Å². The van der Waals surface area contributed by atoms with Crippen LogP contribution in [-0.2, 0) is 33.4 Å². The van der Waals surface area contributed by atoms with E-state index in [2.05, 4.69) is 6.58 Å². The van der Waals surface area contributed by atoms with Crippen LogP contribution in [0.5, 0.6) is 0 Å². The van der Waals surface area contributed by atoms with Crippen LogP contribution in [0.3, 0.4) is 0 Å². The van der Waals surface area contributed by atoms with E-state index in [4.69, 9.17) is 9.47 Å². The van der Waals surface area contributed by atoms with Gasteiger partial charge in [0.1, 0.15) is 11.9 Å². The number of allylic oxidation sites excluding steroid dienone is 3. The minimum Gasteiger partial charge on any atom is -0.459 e. The number of fused-ring (bicyclic) bond motifs is 3. The molecule has 0 radical (unpaired) electrons. The molecule has 1 N–H and O–H groups in total. The predicted octanol–water partition coefficient (Wildman–Crippen LogP) is 2.08. The van der Waals surface area contributed by atoms with E-state index in [1.165, 1.54) is 19.1 Å². The van der Waals surface area contributed by atoms with Crippen molar-refractivity contribution in [1.29, 1.82) is 0 Å². The Morgan fingerprint density at radius 3 is 2.22 bits per heavy atom. The summed E-state index contributed by atoms with van der Waals surface area (Å²) in [5.74, 6) is -5.03. The zero-order valence-electron chi connectivity index (χ0n) is 19.3. The summed E-state index contributed by atoms with van der Waals surface area (Å²) < 4.78 is 10.6. The molecule has 0 aromatic carbocycles. The van der Waals surface area contributed by atoms with Crippen molar-refractivity contribution in [2.24, 2.45) is 28.1 Å². The number of carbonyl (C=O) groups is 5. The SMILES string of the molecule is C=C[C@@]1(C)CC(=O)[C@@H]2[C@@]3(C)C=C(OC(C)=O)C(=O)C(C)(C)[C@@H]3C[C@@H](OC(C)=O)[C@@]2(O)C1=O. The number of aliphatic hydroxyl groups is 1. The van der Waals surface area contributed by atoms with Gasteiger partial charge in [-0.3, -0.25) is 24.0 Å². The lowest BCUT2D eigenvalue weighted by atomic mass is 9.42. The number of ether oxygens (including phenoxy) is 2. The number of ketones is 3. The van der Waals surface area contributed by atoms with E-state index in [-0.39, 0.29) is 18.6 Å². The zero-order chi connectivity index (χ0) is 24.4. The third-order valence-electron chi connectivity index (χ3n) is 7.63. The fraction of sp³-hybridized carbons (Fsp3) is 0.625. The van der Waals surface area contributed by atoms with Crippen LogP contribution in [0.2, 0.25) is 0 Å². The lowest BCUT2D eigenvalue weighted by Gasteiger charge is -2.62. The number of carbonyl (C=O) groups excluding carboxylic acids is 5. The second kappa shape index (κ2) is 7.20. The van der Waals surface area contributed by atoms with E-state index >= 15 is 0 Å². The fourth-order valence-corrected chi connectivity index (χ4v) is 6.19. The maximum atomic E-state index is 13.6. The van der Waals surface area contributed by atoms with E-state index < -0.39 is 69.1 Å². The van der Waals surface area contributed by atoms with Gasteiger partial charge in [0.05, 0.1) is 11.3 Å². The minimum atomic E-state index is -2.33. The molecule has 0 aromatic rings. The van der Waals surface area contributed by atoms with Crippen LogP contribution >= 0.6 is 0 Å². The first-order chi connectivity index (χ1) is 14.6. The van der Waals surface area contributed by atoms with Gasteiger partial charge in [0.15, 0.2) is 17.1 Å². The molecule has 8 nitrogen and oxygen atoms in total. The lowest BCUT2D eigenvalue weighted by Crippen LogP contribution is -2.74. The van der Waals surface area contributed by atoms with Gasteiger partial charge in [0.2, 0.25) is 5.78 Å². The number of hydrogen-bond donors (Lipinski definition) is 1. The Kier molecular flexibility index (Phi) is 5.41. The Balaban J connectivity index is 2.31. The second-order valence-electron chi connectivity index (χ2n) is 10.3. The van der Waals surface area contributed by atoms with Gasteiger partial charge in [-0.2, -0.15) is 0 Å². The minimum absolute atomic E-state index is 0.0298. The molecule has 0 heterocycles. The highest BCUT2D eigenvalue weighted by Gasteiger charge is 2.73. The van der Waals surface area contributed by atoms with E-state index in [1.54, 1.807) is 20.8 Å². The van der Waals surface area contributed by atoms with Crippen LogP contribution in [0.1, 0.15) is 54.4 Å². The van der Waals surface area contributed by atoms with Crippen molar-refractivity contribution < 1.29 is 38.6 Å². The fourth-order valence-electron chi connectivity index (χ4n) is 6.19. The average Bonchev–Trinajstić information content (AvgIpc) is 2.65. The summed E-state index contributed by atoms with van der Waals surface area (Å²) in [7, 11) is 0. The third kappa shape index (κ3) is 3.10. The Morgan fingerprint density at radius 2 is 1.72 bits per heavy atom. The molecule has 0 aromatic heterocycles. The molecule has 2 fully saturated rings. The van der Waals surface area contributed by atoms with Gasteiger partial charge in [0, 0.05) is 31.1 Å². The quantitative estimate of drug-likeness (QED) is 0.516. The van der Waals surface area contributed by atoms with Gasteiger partial charge in [-0.05, 0) is 25.3 Å². The third-order valence-corrected chi connectivity index (χ3v) is 7.63. The summed E-state index contributed by atoms with van der Waals surface area (Å²) in [4.78, 5) is 63.9. The highest BCUT2D eigenvalue weighted by molar-refractivity contribution is 6.08. The first kappa shape index (κ1) is 24.0. The van der Waals surface area contributed by atoms with Crippen LogP contribution < -0.4 is 0 Å². The van der Waals surface area contributed by atoms with Gasteiger partial charge in [0.25, 0.3) is 0 Å². The Morgan fingerprint density at radius 1 is 1.12 bits per heavy atom. The van der Waals surface area contributed by atoms with Gasteiger partial charge in [-0.15, -0.1) is 6.58 Å². The van der Waals surface area contributed by atoms with Crippen LogP contribution in [-0.4, -0.2) is 46.1 Å². The summed E-state index contributed by atoms with van der Waals surface area (Å²) in [5, 5.41) is 11.9. The molecule has 6 atom stereocenters. The highest BCUT2D eigenvalue weighted by Crippen LogP contribution is 2.63. The van der Waals surface area contributed by atoms with Crippen molar-refractivity contribution in [3.05, 3.63) is 24.5 Å². The summed E-state index contributed by atoms with van der Waals surface area (Å²) in [6, 6.07) is 0. The van der Waals surface area contributed by atoms with Crippen molar-refractivity contribution in [2.45, 2.75) is 66.1 Å². The molecule has 0 aliphatic heterocycles. The van der Waals surface area contributed by atoms with Crippen LogP contribution in [0.4, 0.5) is 0 Å². The summed E-state index contributed by atoms with van der Waals surface area (Å²) in [6.07, 6.45) is 1.18. The standard InChI is InChI=1S/C24H30O8/c1-8-22(6)10-14(27)18-23(7)11-15(31-12(2)25)19(28)21(4,5)16(23)9-17(32-13(3)26)24(18,30)20(22)29/h8,11,16-18,30H,1,9-10H2,2-7H3/t16-,17+,18+,22-,23-,24-/m0/s1. The Bertz CT molecular complexity index is 974. The topological polar surface area (TPSA) is 124 Å². The molecule has 174 valence electrons. The molecule has 2 saturated carbocycles. The molecular formula is C24H30O8. The molecule has 3 aliphatic carbocycles. The molecule has 0 unspecified atom stereocenters. The first-order valence-corrected chi connectivity index (χ1v) is 10.6. The molecular weight excluding hydrogens is 416 g/mol. The summed E-state index contributed by atoms with van der Waals surface area (Å²) in [5.41, 5.74) is -6.02. The number of rotatable bonds is 3. The van der Waals surface area contributed by atoms with Crippen LogP contribution in [0.15, 0.2) is 24.5 Å². The Labute approximate surface area is 187 Å². The number of hydrogen-bond acceptors (Lipinski definition) is 8. The molecule has 32 heavy (non-hydrogen) atoms. The van der Waals surface area contributed by atoms with E-state index in [9.17, 15) is 29.1 Å². The largest absolute Gasteiger partial charge is 0.459 e. The molecule has 3 rings (SSSR count). The zero-order valence-corrected chi connectivity index (χ0v) is 19.3. The van der Waals surface area contributed by atoms with Crippen molar-refractivity contribution in [3.8, 4) is 0 Å². The van der Waals surface area contributed by atoms with Crippen molar-refractivity contribution in [1.82, 2.24) is 0 Å². The molecule has 8 heteroatoms. The van der Waals surface area contributed by atoms with Gasteiger partial charge < -0.3 is 14.6 Å². The highest BCUT2D eigenvalue weighted by atomic mass is 16.6. The van der Waals surface area contributed by atoms with Crippen molar-refractivity contribution in [2.75, 3.05) is 0 Å². The van der Waals surface area contributed by atoms with Crippen molar-refractivity contribution >= 4 is 29.3 Å². The number of esters is 2. The van der Waals surface area contributed by atoms with E-state index in [0.29, 0.717) is 0 Å². The lowest BCUT2D eigenvalue weighted by molar-refractivity contribution is -0.225. The Hall–Kier alpha value is -2.61. The smallest absolute Gasteiger partial charge is 0.308 e. The van der Waals surface area contributed by atoms with Gasteiger partial charge in [-0.1, -0.05) is 26.8 Å². The first-order valence-electron chi connectivity index (χ1n) is 10.6. The normalized spacial score (nSPS) is 40.5. The monoisotopic (exact) mass is 446 g/mol. The maximum absolute atomic E-state index is 13.6. The van der Waals surface area contributed by atoms with Gasteiger partial charge >= 0.3 is 11.9 Å². The molecule has 3 aliphatic rings. The number of Topliss-reactive ketones (excluding diaryl/α,β-unsaturated/α-hetero) is 3. The molecule has 0 saturated heterocycles. The summed E-state index contributed by atoms with van der Waals surface area (Å²) >= 11 is 0. The summed E-state index contributed by atoms with van der Waals surface area (Å²) in [6.45, 7) is 12.5. The molecule has 0 bridgehead atoms. The maximum Gasteiger partial charge on any atom is 0.308 e. The predicted molar refractivity (Wildman–Crippen MR) is 112 cm³/mol. The van der Waals surface area contributed by atoms with E-state index in [0.717, 1.165) is 13.8 Å². The molecule has 0 spiro atoms. The molecule has 0 amide bonds. The van der Waals surface area contributed by atoms with Crippen molar-refractivity contribution in [3.63, 3.8) is 0 Å². The van der Waals surface area contributed by atoms with E-state index in [1.807, 2.05) is 0 Å². The van der Waals surface area contributed by atoms with Crippen LogP contribution in [0.25, 0.3) is 0 Å².